The van der Waals surface area contributed by atoms with Gasteiger partial charge in [0.15, 0.2) is 0 Å². The van der Waals surface area contributed by atoms with E-state index >= 15 is 0 Å². The molecule has 0 bridgehead atoms. The van der Waals surface area contributed by atoms with Gasteiger partial charge in [-0.15, -0.1) is 0 Å². The van der Waals surface area contributed by atoms with Gasteiger partial charge in [-0.3, -0.25) is 14.6 Å². The van der Waals surface area contributed by atoms with E-state index < -0.39 is 0 Å². The van der Waals surface area contributed by atoms with Crippen molar-refractivity contribution < 1.29 is 9.59 Å². The Morgan fingerprint density at radius 1 is 1.00 bits per heavy atom. The molecule has 0 radical (unpaired) electrons. The molecule has 2 aromatic carbocycles. The quantitative estimate of drug-likeness (QED) is 0.761. The lowest BCUT2D eigenvalue weighted by Gasteiger charge is -2.29. The Hall–Kier alpha value is -3.47. The molecule has 0 saturated carbocycles. The molecule has 5 nitrogen and oxygen atoms in total. The first kappa shape index (κ1) is 17.9. The van der Waals surface area contributed by atoms with Crippen LogP contribution < -0.4 is 5.32 Å². The van der Waals surface area contributed by atoms with Gasteiger partial charge in [0.2, 0.25) is 0 Å². The van der Waals surface area contributed by atoms with E-state index in [0.29, 0.717) is 24.3 Å². The number of hydrogen-bond acceptors (Lipinski definition) is 3. The number of amides is 2. The van der Waals surface area contributed by atoms with E-state index in [4.69, 9.17) is 0 Å². The number of carbonyl (C=O) groups is 2. The topological polar surface area (TPSA) is 62.3 Å². The van der Waals surface area contributed by atoms with Crippen molar-refractivity contribution in [3.05, 3.63) is 94.8 Å². The SMILES string of the molecule is Cc1ccc(NC(=O)c2cc(C(=O)N3CCc4ccccc4C3)ccn2)cc1. The van der Waals surface area contributed by atoms with Crippen molar-refractivity contribution in [3.8, 4) is 0 Å². The minimum absolute atomic E-state index is 0.0821. The standard InChI is InChI=1S/C23H21N3O2/c1-16-6-8-20(9-7-16)25-22(27)21-14-18(10-12-24-21)23(28)26-13-11-17-4-2-3-5-19(17)15-26/h2-10,12,14H,11,13,15H2,1H3,(H,25,27). The summed E-state index contributed by atoms with van der Waals surface area (Å²) >= 11 is 0. The summed E-state index contributed by atoms with van der Waals surface area (Å²) in [6.45, 7) is 3.24. The zero-order chi connectivity index (χ0) is 19.5. The molecule has 0 saturated heterocycles. The number of aromatic nitrogens is 1. The number of nitrogens with zero attached hydrogens (tertiary/aromatic N) is 2. The molecule has 0 aliphatic carbocycles. The molecule has 1 aliphatic heterocycles. The van der Waals surface area contributed by atoms with E-state index in [1.165, 1.54) is 17.3 Å². The Bertz CT molecular complexity index is 1030. The van der Waals surface area contributed by atoms with Crippen molar-refractivity contribution in [1.82, 2.24) is 9.88 Å². The summed E-state index contributed by atoms with van der Waals surface area (Å²) in [5.74, 6) is -0.413. The van der Waals surface area contributed by atoms with Crippen LogP contribution in [0.4, 0.5) is 5.69 Å². The first-order valence-electron chi connectivity index (χ1n) is 9.30. The molecule has 2 amide bonds. The average molecular weight is 371 g/mol. The van der Waals surface area contributed by atoms with E-state index in [1.54, 1.807) is 12.1 Å². The van der Waals surface area contributed by atoms with Crippen LogP contribution in [0.15, 0.2) is 66.9 Å². The van der Waals surface area contributed by atoms with Crippen LogP contribution in [0.1, 0.15) is 37.5 Å². The largest absolute Gasteiger partial charge is 0.334 e. The monoisotopic (exact) mass is 371 g/mol. The Balaban J connectivity index is 1.49. The van der Waals surface area contributed by atoms with Crippen molar-refractivity contribution in [3.63, 3.8) is 0 Å². The first-order chi connectivity index (χ1) is 13.6. The fourth-order valence-electron chi connectivity index (χ4n) is 3.37. The Kier molecular flexibility index (Phi) is 4.89. The number of nitrogens with one attached hydrogen (secondary N) is 1. The van der Waals surface area contributed by atoms with Gasteiger partial charge in [-0.05, 0) is 48.7 Å². The summed E-state index contributed by atoms with van der Waals surface area (Å²) < 4.78 is 0. The molecule has 0 atom stereocenters. The smallest absolute Gasteiger partial charge is 0.274 e. The Labute approximate surface area is 164 Å². The summed E-state index contributed by atoms with van der Waals surface area (Å²) in [5, 5.41) is 2.82. The van der Waals surface area contributed by atoms with Crippen molar-refractivity contribution >= 4 is 17.5 Å². The second-order valence-electron chi connectivity index (χ2n) is 7.00. The summed E-state index contributed by atoms with van der Waals surface area (Å²) in [4.78, 5) is 31.4. The lowest BCUT2D eigenvalue weighted by Crippen LogP contribution is -2.36. The molecule has 28 heavy (non-hydrogen) atoms. The normalized spacial score (nSPS) is 13.0. The molecule has 1 N–H and O–H groups in total. The molecule has 0 fully saturated rings. The Morgan fingerprint density at radius 3 is 2.54 bits per heavy atom. The predicted octanol–water partition coefficient (Wildman–Crippen LogP) is 3.84. The first-order valence-corrected chi connectivity index (χ1v) is 9.30. The molecule has 1 aliphatic rings. The van der Waals surface area contributed by atoms with E-state index in [0.717, 1.165) is 12.0 Å². The maximum atomic E-state index is 12.9. The van der Waals surface area contributed by atoms with Gasteiger partial charge in [0.05, 0.1) is 0 Å². The van der Waals surface area contributed by atoms with Crippen LogP contribution in [0.25, 0.3) is 0 Å². The van der Waals surface area contributed by atoms with Crippen LogP contribution in [0.3, 0.4) is 0 Å². The van der Waals surface area contributed by atoms with Crippen molar-refractivity contribution in [1.29, 1.82) is 0 Å². The zero-order valence-corrected chi connectivity index (χ0v) is 15.7. The third-order valence-electron chi connectivity index (χ3n) is 4.97. The number of anilines is 1. The molecule has 2 heterocycles. The number of rotatable bonds is 3. The number of pyridine rings is 1. The van der Waals surface area contributed by atoms with Gasteiger partial charge in [-0.25, -0.2) is 0 Å². The second kappa shape index (κ2) is 7.64. The number of carbonyl (C=O) groups excluding carboxylic acids is 2. The van der Waals surface area contributed by atoms with Crippen LogP contribution in [-0.2, 0) is 13.0 Å². The van der Waals surface area contributed by atoms with E-state index in [1.807, 2.05) is 48.2 Å². The summed E-state index contributed by atoms with van der Waals surface area (Å²) in [6, 6.07) is 18.9. The van der Waals surface area contributed by atoms with Crippen molar-refractivity contribution in [2.24, 2.45) is 0 Å². The molecule has 1 aromatic heterocycles. The van der Waals surface area contributed by atoms with Gasteiger partial charge < -0.3 is 10.2 Å². The molecule has 5 heteroatoms. The van der Waals surface area contributed by atoms with Crippen molar-refractivity contribution in [2.45, 2.75) is 19.9 Å². The Morgan fingerprint density at radius 2 is 1.75 bits per heavy atom. The lowest BCUT2D eigenvalue weighted by atomic mass is 9.99. The highest BCUT2D eigenvalue weighted by Gasteiger charge is 2.22. The highest BCUT2D eigenvalue weighted by Crippen LogP contribution is 2.20. The average Bonchev–Trinajstić information content (AvgIpc) is 2.74. The second-order valence-corrected chi connectivity index (χ2v) is 7.00. The molecule has 0 spiro atoms. The van der Waals surface area contributed by atoms with Crippen LogP contribution in [0.2, 0.25) is 0 Å². The maximum absolute atomic E-state index is 12.9. The molecule has 3 aromatic rings. The lowest BCUT2D eigenvalue weighted by molar-refractivity contribution is 0.0734. The highest BCUT2D eigenvalue weighted by atomic mass is 16.2. The van der Waals surface area contributed by atoms with E-state index in [2.05, 4.69) is 22.4 Å². The number of aryl methyl sites for hydroxylation is 1. The molecular formula is C23H21N3O2. The van der Waals surface area contributed by atoms with Gasteiger partial charge >= 0.3 is 0 Å². The number of benzene rings is 2. The zero-order valence-electron chi connectivity index (χ0n) is 15.7. The number of fused-ring (bicyclic) bond motifs is 1. The van der Waals surface area contributed by atoms with E-state index in [9.17, 15) is 9.59 Å². The predicted molar refractivity (Wildman–Crippen MR) is 108 cm³/mol. The van der Waals surface area contributed by atoms with Crippen LogP contribution in [0.5, 0.6) is 0 Å². The summed E-state index contributed by atoms with van der Waals surface area (Å²) in [5.41, 5.74) is 4.98. The van der Waals surface area contributed by atoms with E-state index in [-0.39, 0.29) is 17.5 Å². The third kappa shape index (κ3) is 3.78. The van der Waals surface area contributed by atoms with Crippen LogP contribution in [-0.4, -0.2) is 28.2 Å². The molecular weight excluding hydrogens is 350 g/mol. The minimum Gasteiger partial charge on any atom is -0.334 e. The molecule has 4 rings (SSSR count). The summed E-state index contributed by atoms with van der Waals surface area (Å²) in [7, 11) is 0. The minimum atomic E-state index is -0.331. The van der Waals surface area contributed by atoms with Gasteiger partial charge in [0, 0.05) is 30.5 Å². The molecule has 0 unspecified atom stereocenters. The van der Waals surface area contributed by atoms with Crippen LogP contribution in [0, 0.1) is 6.92 Å². The third-order valence-corrected chi connectivity index (χ3v) is 4.97. The highest BCUT2D eigenvalue weighted by molar-refractivity contribution is 6.04. The fourth-order valence-corrected chi connectivity index (χ4v) is 3.37. The van der Waals surface area contributed by atoms with Gasteiger partial charge in [-0.2, -0.15) is 0 Å². The summed E-state index contributed by atoms with van der Waals surface area (Å²) in [6.07, 6.45) is 2.35. The van der Waals surface area contributed by atoms with Crippen LogP contribution >= 0.6 is 0 Å². The fraction of sp³-hybridized carbons (Fsp3) is 0.174. The van der Waals surface area contributed by atoms with Gasteiger partial charge in [-0.1, -0.05) is 42.0 Å². The number of hydrogen-bond donors (Lipinski definition) is 1. The maximum Gasteiger partial charge on any atom is 0.274 e. The van der Waals surface area contributed by atoms with Gasteiger partial charge in [0.25, 0.3) is 11.8 Å². The van der Waals surface area contributed by atoms with Gasteiger partial charge in [0.1, 0.15) is 5.69 Å². The molecule has 140 valence electrons. The van der Waals surface area contributed by atoms with Crippen molar-refractivity contribution in [2.75, 3.05) is 11.9 Å².